The molecule has 8 nitrogen and oxygen atoms in total. The van der Waals surface area contributed by atoms with Gasteiger partial charge >= 0.3 is 6.09 Å². The van der Waals surface area contributed by atoms with E-state index >= 15 is 0 Å². The summed E-state index contributed by atoms with van der Waals surface area (Å²) in [5.74, 6) is -0.314. The maximum absolute atomic E-state index is 11.4. The number of amides is 1. The molecular weight excluding hydrogens is 326 g/mol. The monoisotopic (exact) mass is 345 g/mol. The Balaban J connectivity index is 2.04. The normalized spacial score (nSPS) is 23.9. The Bertz CT molecular complexity index is 417. The van der Waals surface area contributed by atoms with Crippen molar-refractivity contribution >= 4 is 27.5 Å². The van der Waals surface area contributed by atoms with Crippen LogP contribution in [0, 0.1) is 0 Å². The number of carbonyl (C=O) groups is 1. The van der Waals surface area contributed by atoms with Crippen molar-refractivity contribution in [3.05, 3.63) is 0 Å². The molecule has 1 saturated heterocycles. The molecule has 21 heavy (non-hydrogen) atoms. The maximum Gasteiger partial charge on any atom is 0.407 e. The lowest BCUT2D eigenvalue weighted by Gasteiger charge is -2.14. The van der Waals surface area contributed by atoms with E-state index in [0.29, 0.717) is 13.2 Å². The zero-order chi connectivity index (χ0) is 15.7. The quantitative estimate of drug-likeness (QED) is 0.413. The van der Waals surface area contributed by atoms with Crippen LogP contribution in [0.25, 0.3) is 0 Å². The van der Waals surface area contributed by atoms with Crippen LogP contribution in [-0.2, 0) is 24.0 Å². The third kappa shape index (κ3) is 7.82. The Kier molecular flexibility index (Phi) is 8.27. The summed E-state index contributed by atoms with van der Waals surface area (Å²) in [6, 6.07) is -0.628. The van der Waals surface area contributed by atoms with Crippen LogP contribution in [0.5, 0.6) is 0 Å². The molecule has 0 radical (unpaired) electrons. The molecule has 1 aliphatic heterocycles. The number of rotatable bonds is 9. The second-order valence-corrected chi connectivity index (χ2v) is 7.14. The number of hydrogen-bond donors (Lipinski definition) is 2. The van der Waals surface area contributed by atoms with Crippen molar-refractivity contribution in [1.29, 1.82) is 0 Å². The van der Waals surface area contributed by atoms with Gasteiger partial charge in [0, 0.05) is 0 Å². The third-order valence-corrected chi connectivity index (χ3v) is 5.03. The summed E-state index contributed by atoms with van der Waals surface area (Å²) in [5.41, 5.74) is 0. The molecule has 0 aromatic heterocycles. The second kappa shape index (κ2) is 9.42. The first-order valence-corrected chi connectivity index (χ1v) is 8.74. The van der Waals surface area contributed by atoms with E-state index in [4.69, 9.17) is 30.9 Å². The van der Waals surface area contributed by atoms with E-state index in [0.717, 1.165) is 0 Å². The SMILES string of the molecule is O=C(N[C@H]1CS(=O)(=O)C[C@H]1Cl)OCCOCCOCCO. The molecule has 0 spiro atoms. The van der Waals surface area contributed by atoms with Gasteiger partial charge in [0.05, 0.1) is 56.0 Å². The van der Waals surface area contributed by atoms with Crippen LogP contribution >= 0.6 is 11.6 Å². The molecule has 1 amide bonds. The van der Waals surface area contributed by atoms with Gasteiger partial charge in [-0.25, -0.2) is 13.2 Å². The summed E-state index contributed by atoms with van der Waals surface area (Å²) in [4.78, 5) is 11.4. The lowest BCUT2D eigenvalue weighted by Crippen LogP contribution is -2.41. The molecule has 0 aromatic carbocycles. The Morgan fingerprint density at radius 1 is 1.14 bits per heavy atom. The standard InChI is InChI=1S/C11H20ClNO7S/c12-9-7-21(16,17)8-10(9)13-11(15)20-6-5-19-4-3-18-2-1-14/h9-10,14H,1-8H2,(H,13,15)/t9-,10+/m1/s1. The Morgan fingerprint density at radius 3 is 2.33 bits per heavy atom. The maximum atomic E-state index is 11.4. The number of nitrogens with one attached hydrogen (secondary N) is 1. The minimum absolute atomic E-state index is 0.0399. The molecule has 1 rings (SSSR count). The van der Waals surface area contributed by atoms with Gasteiger partial charge in [0.25, 0.3) is 0 Å². The van der Waals surface area contributed by atoms with Gasteiger partial charge < -0.3 is 24.6 Å². The fourth-order valence-electron chi connectivity index (χ4n) is 1.71. The second-order valence-electron chi connectivity index (χ2n) is 4.43. The van der Waals surface area contributed by atoms with E-state index in [1.54, 1.807) is 0 Å². The molecule has 0 unspecified atom stereocenters. The average Bonchev–Trinajstić information content (AvgIpc) is 2.65. The van der Waals surface area contributed by atoms with Gasteiger partial charge in [-0.05, 0) is 0 Å². The molecule has 2 N–H and O–H groups in total. The van der Waals surface area contributed by atoms with Crippen molar-refractivity contribution in [3.8, 4) is 0 Å². The van der Waals surface area contributed by atoms with E-state index in [1.165, 1.54) is 0 Å². The van der Waals surface area contributed by atoms with E-state index in [1.807, 2.05) is 0 Å². The number of ether oxygens (including phenoxy) is 3. The highest BCUT2D eigenvalue weighted by molar-refractivity contribution is 7.91. The molecule has 1 heterocycles. The van der Waals surface area contributed by atoms with Gasteiger partial charge in [0.15, 0.2) is 9.84 Å². The zero-order valence-corrected chi connectivity index (χ0v) is 13.1. The summed E-state index contributed by atoms with van der Waals surface area (Å²) >= 11 is 5.85. The minimum atomic E-state index is -3.19. The summed E-state index contributed by atoms with van der Waals surface area (Å²) in [6.45, 7) is 1.13. The Hall–Kier alpha value is -0.610. The van der Waals surface area contributed by atoms with E-state index in [2.05, 4.69) is 5.32 Å². The zero-order valence-electron chi connectivity index (χ0n) is 11.5. The van der Waals surface area contributed by atoms with Crippen LogP contribution < -0.4 is 5.32 Å². The molecule has 2 atom stereocenters. The van der Waals surface area contributed by atoms with Crippen molar-refractivity contribution in [2.24, 2.45) is 0 Å². The number of halogens is 1. The molecule has 0 aliphatic carbocycles. The van der Waals surface area contributed by atoms with Crippen LogP contribution in [0.1, 0.15) is 0 Å². The highest BCUT2D eigenvalue weighted by atomic mass is 35.5. The minimum Gasteiger partial charge on any atom is -0.447 e. The van der Waals surface area contributed by atoms with Crippen LogP contribution in [-0.4, -0.2) is 82.2 Å². The summed E-state index contributed by atoms with van der Waals surface area (Å²) in [7, 11) is -3.19. The van der Waals surface area contributed by atoms with E-state index in [-0.39, 0.29) is 37.9 Å². The molecule has 0 saturated carbocycles. The fraction of sp³-hybridized carbons (Fsp3) is 0.909. The Labute approximate surface area is 128 Å². The Morgan fingerprint density at radius 2 is 1.76 bits per heavy atom. The smallest absolute Gasteiger partial charge is 0.407 e. The summed E-state index contributed by atoms with van der Waals surface area (Å²) in [5, 5.41) is 10.2. The van der Waals surface area contributed by atoms with Crippen LogP contribution in [0.15, 0.2) is 0 Å². The first-order chi connectivity index (χ1) is 9.94. The van der Waals surface area contributed by atoms with Crippen molar-refractivity contribution in [1.82, 2.24) is 5.32 Å². The van der Waals surface area contributed by atoms with Crippen LogP contribution in [0.3, 0.4) is 0 Å². The topological polar surface area (TPSA) is 111 Å². The lowest BCUT2D eigenvalue weighted by molar-refractivity contribution is 0.0184. The third-order valence-electron chi connectivity index (χ3n) is 2.65. The number of sulfone groups is 1. The number of aliphatic hydroxyl groups is 1. The highest BCUT2D eigenvalue weighted by Gasteiger charge is 2.37. The number of alkyl carbamates (subject to hydrolysis) is 1. The van der Waals surface area contributed by atoms with Gasteiger partial charge in [-0.2, -0.15) is 0 Å². The molecule has 0 bridgehead atoms. The van der Waals surface area contributed by atoms with Crippen molar-refractivity contribution in [3.63, 3.8) is 0 Å². The first kappa shape index (κ1) is 18.4. The van der Waals surface area contributed by atoms with E-state index in [9.17, 15) is 13.2 Å². The number of aliphatic hydroxyl groups excluding tert-OH is 1. The van der Waals surface area contributed by atoms with Gasteiger partial charge in [0.2, 0.25) is 0 Å². The number of carbonyl (C=O) groups excluding carboxylic acids is 1. The molecule has 124 valence electrons. The van der Waals surface area contributed by atoms with Crippen molar-refractivity contribution < 1.29 is 32.5 Å². The van der Waals surface area contributed by atoms with E-state index < -0.39 is 27.3 Å². The highest BCUT2D eigenvalue weighted by Crippen LogP contribution is 2.17. The van der Waals surface area contributed by atoms with Crippen molar-refractivity contribution in [2.75, 3.05) is 51.1 Å². The largest absolute Gasteiger partial charge is 0.447 e. The molecule has 10 heteroatoms. The molecule has 1 aliphatic rings. The molecule has 1 fully saturated rings. The van der Waals surface area contributed by atoms with Crippen LogP contribution in [0.4, 0.5) is 4.79 Å². The number of alkyl halides is 1. The predicted octanol–water partition coefficient (Wildman–Crippen LogP) is -0.857. The van der Waals surface area contributed by atoms with Crippen molar-refractivity contribution in [2.45, 2.75) is 11.4 Å². The van der Waals surface area contributed by atoms with Crippen LogP contribution in [0.2, 0.25) is 0 Å². The fourth-order valence-corrected chi connectivity index (χ4v) is 4.26. The summed E-state index contributed by atoms with van der Waals surface area (Å²) in [6.07, 6.45) is -0.720. The van der Waals surface area contributed by atoms with Gasteiger partial charge in [-0.15, -0.1) is 11.6 Å². The lowest BCUT2D eigenvalue weighted by atomic mass is 10.3. The summed E-state index contributed by atoms with van der Waals surface area (Å²) < 4.78 is 37.6. The van der Waals surface area contributed by atoms with Gasteiger partial charge in [0.1, 0.15) is 6.61 Å². The molecule has 0 aromatic rings. The predicted molar refractivity (Wildman–Crippen MR) is 75.3 cm³/mol. The van der Waals surface area contributed by atoms with Gasteiger partial charge in [-0.3, -0.25) is 0 Å². The molecular formula is C11H20ClNO7S. The van der Waals surface area contributed by atoms with Gasteiger partial charge in [-0.1, -0.05) is 0 Å². The average molecular weight is 346 g/mol. The number of hydrogen-bond acceptors (Lipinski definition) is 7. The first-order valence-electron chi connectivity index (χ1n) is 6.49.